The van der Waals surface area contributed by atoms with Crippen LogP contribution in [0.5, 0.6) is 5.75 Å². The Balaban J connectivity index is 1.48. The first kappa shape index (κ1) is 15.2. The van der Waals surface area contributed by atoms with Crippen molar-refractivity contribution in [2.45, 2.75) is 6.54 Å². The van der Waals surface area contributed by atoms with Gasteiger partial charge < -0.3 is 15.4 Å². The summed E-state index contributed by atoms with van der Waals surface area (Å²) in [4.78, 5) is 15.5. The Morgan fingerprint density at radius 3 is 2.88 bits per heavy atom. The highest BCUT2D eigenvalue weighted by atomic mass is 16.5. The number of hydrogen-bond donors (Lipinski definition) is 2. The first-order valence-electron chi connectivity index (χ1n) is 8.08. The molecule has 0 unspecified atom stereocenters. The highest BCUT2D eigenvalue weighted by molar-refractivity contribution is 5.95. The van der Waals surface area contributed by atoms with Gasteiger partial charge >= 0.3 is 0 Å². The molecule has 124 valence electrons. The van der Waals surface area contributed by atoms with Crippen LogP contribution in [-0.4, -0.2) is 17.5 Å². The van der Waals surface area contributed by atoms with E-state index >= 15 is 0 Å². The smallest absolute Gasteiger partial charge is 0.262 e. The van der Waals surface area contributed by atoms with Gasteiger partial charge in [0.05, 0.1) is 5.69 Å². The van der Waals surface area contributed by atoms with Gasteiger partial charge in [0, 0.05) is 30.7 Å². The van der Waals surface area contributed by atoms with Crippen molar-refractivity contribution in [2.24, 2.45) is 0 Å². The molecule has 25 heavy (non-hydrogen) atoms. The molecule has 0 bridgehead atoms. The van der Waals surface area contributed by atoms with E-state index in [0.29, 0.717) is 18.0 Å². The van der Waals surface area contributed by atoms with E-state index in [4.69, 9.17) is 4.74 Å². The van der Waals surface area contributed by atoms with Crippen LogP contribution in [0.15, 0.2) is 67.0 Å². The maximum absolute atomic E-state index is 11.3. The number of fused-ring (bicyclic) bond motifs is 1. The molecule has 0 atom stereocenters. The lowest BCUT2D eigenvalue weighted by atomic mass is 10.0. The van der Waals surface area contributed by atoms with Crippen LogP contribution in [0.4, 0.5) is 11.4 Å². The molecular weight excluding hydrogens is 314 g/mol. The second-order valence-corrected chi connectivity index (χ2v) is 5.84. The van der Waals surface area contributed by atoms with Gasteiger partial charge in [-0.15, -0.1) is 0 Å². The molecule has 1 aromatic heterocycles. The van der Waals surface area contributed by atoms with Crippen molar-refractivity contribution in [3.8, 4) is 16.9 Å². The molecular formula is C20H17N3O2. The van der Waals surface area contributed by atoms with Gasteiger partial charge in [0.15, 0.2) is 6.61 Å². The average molecular weight is 331 g/mol. The lowest BCUT2D eigenvalue weighted by Crippen LogP contribution is -2.25. The van der Waals surface area contributed by atoms with Gasteiger partial charge in [0.2, 0.25) is 0 Å². The quantitative estimate of drug-likeness (QED) is 0.765. The Morgan fingerprint density at radius 1 is 1.08 bits per heavy atom. The molecule has 0 aliphatic carbocycles. The standard InChI is InChI=1S/C20H17N3O2/c24-20-13-25-19-10-17(6-7-18(19)23-20)22-11-14-3-1-4-15(9-14)16-5-2-8-21-12-16/h1-10,12,22H,11,13H2,(H,23,24). The maximum atomic E-state index is 11.3. The fraction of sp³-hybridized carbons (Fsp3) is 0.100. The number of pyridine rings is 1. The molecule has 0 saturated heterocycles. The predicted octanol–water partition coefficient (Wildman–Crippen LogP) is 3.69. The summed E-state index contributed by atoms with van der Waals surface area (Å²) in [6.45, 7) is 0.753. The Kier molecular flexibility index (Phi) is 4.04. The molecule has 0 radical (unpaired) electrons. The molecule has 0 saturated carbocycles. The predicted molar refractivity (Wildman–Crippen MR) is 97.6 cm³/mol. The third-order valence-corrected chi connectivity index (χ3v) is 4.03. The van der Waals surface area contributed by atoms with Crippen LogP contribution in [-0.2, 0) is 11.3 Å². The highest BCUT2D eigenvalue weighted by Gasteiger charge is 2.15. The first-order valence-corrected chi connectivity index (χ1v) is 8.08. The Hall–Kier alpha value is -3.34. The Bertz CT molecular complexity index is 910. The van der Waals surface area contributed by atoms with E-state index in [0.717, 1.165) is 16.8 Å². The minimum atomic E-state index is -0.125. The van der Waals surface area contributed by atoms with Gasteiger partial charge in [-0.2, -0.15) is 0 Å². The monoisotopic (exact) mass is 331 g/mol. The van der Waals surface area contributed by atoms with E-state index in [9.17, 15) is 4.79 Å². The minimum Gasteiger partial charge on any atom is -0.482 e. The number of rotatable bonds is 4. The number of carbonyl (C=O) groups excluding carboxylic acids is 1. The summed E-state index contributed by atoms with van der Waals surface area (Å²) in [6, 6.07) is 18.0. The summed E-state index contributed by atoms with van der Waals surface area (Å²) in [6.07, 6.45) is 3.64. The Labute approximate surface area is 145 Å². The SMILES string of the molecule is O=C1COc2cc(NCc3cccc(-c4cccnc4)c3)ccc2N1. The molecule has 3 aromatic rings. The summed E-state index contributed by atoms with van der Waals surface area (Å²) in [5, 5.41) is 6.18. The largest absolute Gasteiger partial charge is 0.482 e. The summed E-state index contributed by atoms with van der Waals surface area (Å²) in [5.41, 5.74) is 5.07. The molecule has 5 nitrogen and oxygen atoms in total. The van der Waals surface area contributed by atoms with Crippen LogP contribution in [0, 0.1) is 0 Å². The molecule has 2 N–H and O–H groups in total. The van der Waals surface area contributed by atoms with Gasteiger partial charge in [-0.25, -0.2) is 0 Å². The molecule has 1 amide bonds. The lowest BCUT2D eigenvalue weighted by Gasteiger charge is -2.19. The van der Waals surface area contributed by atoms with Crippen LogP contribution in [0.3, 0.4) is 0 Å². The van der Waals surface area contributed by atoms with Gasteiger partial charge in [0.25, 0.3) is 5.91 Å². The summed E-state index contributed by atoms with van der Waals surface area (Å²) in [5.74, 6) is 0.564. The van der Waals surface area contributed by atoms with Crippen molar-refractivity contribution >= 4 is 17.3 Å². The van der Waals surface area contributed by atoms with Crippen molar-refractivity contribution in [3.63, 3.8) is 0 Å². The summed E-state index contributed by atoms with van der Waals surface area (Å²) >= 11 is 0. The van der Waals surface area contributed by atoms with E-state index in [1.165, 1.54) is 5.56 Å². The molecule has 4 rings (SSSR count). The van der Waals surface area contributed by atoms with E-state index < -0.39 is 0 Å². The normalized spacial score (nSPS) is 12.7. The summed E-state index contributed by atoms with van der Waals surface area (Å²) in [7, 11) is 0. The molecule has 1 aliphatic rings. The van der Waals surface area contributed by atoms with Crippen molar-refractivity contribution in [1.29, 1.82) is 0 Å². The van der Waals surface area contributed by atoms with Crippen LogP contribution in [0.1, 0.15) is 5.56 Å². The van der Waals surface area contributed by atoms with Crippen molar-refractivity contribution in [3.05, 3.63) is 72.6 Å². The third-order valence-electron chi connectivity index (χ3n) is 4.03. The van der Waals surface area contributed by atoms with Gasteiger partial charge in [-0.1, -0.05) is 24.3 Å². The van der Waals surface area contributed by atoms with Crippen molar-refractivity contribution < 1.29 is 9.53 Å². The lowest BCUT2D eigenvalue weighted by molar-refractivity contribution is -0.118. The number of carbonyl (C=O) groups is 1. The molecule has 2 heterocycles. The Morgan fingerprint density at radius 2 is 2.00 bits per heavy atom. The zero-order valence-corrected chi connectivity index (χ0v) is 13.5. The van der Waals surface area contributed by atoms with Crippen LogP contribution < -0.4 is 15.4 Å². The number of aromatic nitrogens is 1. The summed E-state index contributed by atoms with van der Waals surface area (Å²) < 4.78 is 5.45. The molecule has 0 spiro atoms. The number of ether oxygens (including phenoxy) is 1. The molecule has 1 aliphatic heterocycles. The zero-order chi connectivity index (χ0) is 17.1. The van der Waals surface area contributed by atoms with Crippen molar-refractivity contribution in [1.82, 2.24) is 4.98 Å². The van der Waals surface area contributed by atoms with E-state index in [1.54, 1.807) is 6.20 Å². The number of nitrogens with one attached hydrogen (secondary N) is 2. The van der Waals surface area contributed by atoms with Crippen LogP contribution >= 0.6 is 0 Å². The van der Waals surface area contributed by atoms with E-state index in [1.807, 2.05) is 36.5 Å². The van der Waals surface area contributed by atoms with Crippen LogP contribution in [0.2, 0.25) is 0 Å². The molecule has 0 fully saturated rings. The maximum Gasteiger partial charge on any atom is 0.262 e. The van der Waals surface area contributed by atoms with Gasteiger partial charge in [-0.3, -0.25) is 9.78 Å². The van der Waals surface area contributed by atoms with Crippen LogP contribution in [0.25, 0.3) is 11.1 Å². The van der Waals surface area contributed by atoms with Gasteiger partial charge in [0.1, 0.15) is 5.75 Å². The average Bonchev–Trinajstić information content (AvgIpc) is 2.67. The number of benzene rings is 2. The van der Waals surface area contributed by atoms with E-state index in [2.05, 4.69) is 39.9 Å². The fourth-order valence-electron chi connectivity index (χ4n) is 2.78. The number of anilines is 2. The number of amides is 1. The fourth-order valence-corrected chi connectivity index (χ4v) is 2.78. The molecule has 5 heteroatoms. The third kappa shape index (κ3) is 3.45. The zero-order valence-electron chi connectivity index (χ0n) is 13.5. The minimum absolute atomic E-state index is 0.0591. The second kappa shape index (κ2) is 6.65. The van der Waals surface area contributed by atoms with E-state index in [-0.39, 0.29) is 12.5 Å². The topological polar surface area (TPSA) is 63.2 Å². The highest BCUT2D eigenvalue weighted by Crippen LogP contribution is 2.30. The second-order valence-electron chi connectivity index (χ2n) is 5.84. The van der Waals surface area contributed by atoms with Gasteiger partial charge in [-0.05, 0) is 41.0 Å². The number of hydrogen-bond acceptors (Lipinski definition) is 4. The molecule has 2 aromatic carbocycles. The first-order chi connectivity index (χ1) is 12.3. The number of nitrogens with zero attached hydrogens (tertiary/aromatic N) is 1. The van der Waals surface area contributed by atoms with Crippen molar-refractivity contribution in [2.75, 3.05) is 17.2 Å².